The van der Waals surface area contributed by atoms with E-state index in [-0.39, 0.29) is 12.5 Å². The average Bonchev–Trinajstić information content (AvgIpc) is 2.89. The fourth-order valence-electron chi connectivity index (χ4n) is 1.40. The van der Waals surface area contributed by atoms with Crippen LogP contribution in [0.15, 0.2) is 39.6 Å². The number of carbonyl (C=O) groups is 1. The molecule has 2 rings (SSSR count). The summed E-state index contributed by atoms with van der Waals surface area (Å²) in [6, 6.07) is 6.94. The highest BCUT2D eigenvalue weighted by Crippen LogP contribution is 2.15. The molecule has 0 saturated carbocycles. The molecule has 94 valence electrons. The summed E-state index contributed by atoms with van der Waals surface area (Å²) in [5, 5.41) is 16.2. The standard InChI is InChI=1S/C12H11BrN2O2S/c13-11-3-1-2-9(15-11)12(17)14-6-10(16)8-4-5-18-7-8/h1-5,7,10,16H,6H2,(H,14,17). The third-order valence-electron chi connectivity index (χ3n) is 2.33. The number of nitrogens with one attached hydrogen (secondary N) is 1. The topological polar surface area (TPSA) is 62.2 Å². The van der Waals surface area contributed by atoms with Gasteiger partial charge in [0.1, 0.15) is 10.3 Å². The number of halogens is 1. The Morgan fingerprint density at radius 3 is 3.00 bits per heavy atom. The molecule has 6 heteroatoms. The van der Waals surface area contributed by atoms with E-state index in [1.54, 1.807) is 18.2 Å². The first-order chi connectivity index (χ1) is 8.66. The second-order valence-electron chi connectivity index (χ2n) is 3.63. The minimum atomic E-state index is -0.688. The molecule has 4 nitrogen and oxygen atoms in total. The predicted octanol–water partition coefficient (Wildman–Crippen LogP) is 2.37. The van der Waals surface area contributed by atoms with E-state index in [1.807, 2.05) is 16.8 Å². The molecular weight excluding hydrogens is 316 g/mol. The molecule has 0 spiro atoms. The van der Waals surface area contributed by atoms with Crippen molar-refractivity contribution >= 4 is 33.2 Å². The molecule has 0 aromatic carbocycles. The summed E-state index contributed by atoms with van der Waals surface area (Å²) in [6.07, 6.45) is -0.688. The lowest BCUT2D eigenvalue weighted by molar-refractivity contribution is 0.0911. The van der Waals surface area contributed by atoms with E-state index in [0.717, 1.165) is 5.56 Å². The molecule has 0 saturated heterocycles. The zero-order valence-corrected chi connectivity index (χ0v) is 11.7. The highest BCUT2D eigenvalue weighted by Gasteiger charge is 2.12. The van der Waals surface area contributed by atoms with E-state index >= 15 is 0 Å². The number of aromatic nitrogens is 1. The number of hydrogen-bond acceptors (Lipinski definition) is 4. The zero-order valence-electron chi connectivity index (χ0n) is 9.34. The number of thiophene rings is 1. The molecule has 0 fully saturated rings. The van der Waals surface area contributed by atoms with Gasteiger partial charge in [-0.25, -0.2) is 4.98 Å². The zero-order chi connectivity index (χ0) is 13.0. The minimum absolute atomic E-state index is 0.170. The Morgan fingerprint density at radius 1 is 1.50 bits per heavy atom. The number of aliphatic hydroxyl groups excluding tert-OH is 1. The molecule has 2 aromatic rings. The second kappa shape index (κ2) is 6.08. The van der Waals surface area contributed by atoms with Crippen molar-refractivity contribution in [3.63, 3.8) is 0 Å². The van der Waals surface area contributed by atoms with Crippen molar-refractivity contribution in [2.24, 2.45) is 0 Å². The number of amides is 1. The Bertz CT molecular complexity index is 531. The van der Waals surface area contributed by atoms with Crippen LogP contribution >= 0.6 is 27.3 Å². The van der Waals surface area contributed by atoms with Crippen molar-refractivity contribution in [2.75, 3.05) is 6.54 Å². The molecule has 2 aromatic heterocycles. The summed E-state index contributed by atoms with van der Waals surface area (Å²) in [5.74, 6) is -0.300. The lowest BCUT2D eigenvalue weighted by Gasteiger charge is -2.10. The van der Waals surface area contributed by atoms with Gasteiger partial charge in [0.05, 0.1) is 6.10 Å². The van der Waals surface area contributed by atoms with Gasteiger partial charge in [-0.15, -0.1) is 0 Å². The molecule has 18 heavy (non-hydrogen) atoms. The second-order valence-corrected chi connectivity index (χ2v) is 5.22. The summed E-state index contributed by atoms with van der Waals surface area (Å²) in [7, 11) is 0. The molecule has 2 N–H and O–H groups in total. The van der Waals surface area contributed by atoms with Gasteiger partial charge < -0.3 is 10.4 Å². The van der Waals surface area contributed by atoms with Crippen LogP contribution in [0.4, 0.5) is 0 Å². The number of nitrogens with zero attached hydrogens (tertiary/aromatic N) is 1. The van der Waals surface area contributed by atoms with Crippen LogP contribution in [-0.2, 0) is 0 Å². The van der Waals surface area contributed by atoms with E-state index in [1.165, 1.54) is 11.3 Å². The maximum absolute atomic E-state index is 11.8. The van der Waals surface area contributed by atoms with Crippen LogP contribution in [-0.4, -0.2) is 22.5 Å². The molecule has 0 aliphatic heterocycles. The number of aliphatic hydroxyl groups is 1. The number of hydrogen-bond donors (Lipinski definition) is 2. The molecule has 2 heterocycles. The molecule has 0 aliphatic carbocycles. The van der Waals surface area contributed by atoms with Crippen molar-refractivity contribution in [2.45, 2.75) is 6.10 Å². The summed E-state index contributed by atoms with van der Waals surface area (Å²) < 4.78 is 0.605. The van der Waals surface area contributed by atoms with Gasteiger partial charge in [-0.1, -0.05) is 6.07 Å². The summed E-state index contributed by atoms with van der Waals surface area (Å²) in [5.41, 5.74) is 1.13. The molecule has 1 amide bonds. The average molecular weight is 327 g/mol. The van der Waals surface area contributed by atoms with Gasteiger partial charge in [0.2, 0.25) is 0 Å². The first-order valence-electron chi connectivity index (χ1n) is 5.28. The Kier molecular flexibility index (Phi) is 4.46. The predicted molar refractivity (Wildman–Crippen MR) is 73.5 cm³/mol. The smallest absolute Gasteiger partial charge is 0.270 e. The highest BCUT2D eigenvalue weighted by molar-refractivity contribution is 9.10. The number of carbonyl (C=O) groups excluding carboxylic acids is 1. The maximum atomic E-state index is 11.8. The lowest BCUT2D eigenvalue weighted by Crippen LogP contribution is -2.28. The molecular formula is C12H11BrN2O2S. The van der Waals surface area contributed by atoms with Gasteiger partial charge in [0, 0.05) is 6.54 Å². The first-order valence-corrected chi connectivity index (χ1v) is 7.01. The van der Waals surface area contributed by atoms with Crippen LogP contribution in [0.5, 0.6) is 0 Å². The van der Waals surface area contributed by atoms with Crippen molar-refractivity contribution in [1.29, 1.82) is 0 Å². The summed E-state index contributed by atoms with van der Waals surface area (Å²) >= 11 is 4.71. The third kappa shape index (κ3) is 3.38. The van der Waals surface area contributed by atoms with Crippen LogP contribution in [0, 0.1) is 0 Å². The van der Waals surface area contributed by atoms with E-state index < -0.39 is 6.10 Å². The quantitative estimate of drug-likeness (QED) is 0.848. The summed E-state index contributed by atoms with van der Waals surface area (Å²) in [6.45, 7) is 0.170. The lowest BCUT2D eigenvalue weighted by atomic mass is 10.2. The Labute approximate surface area is 117 Å². The fourth-order valence-corrected chi connectivity index (χ4v) is 2.45. The van der Waals surface area contributed by atoms with Crippen molar-refractivity contribution in [3.05, 3.63) is 50.9 Å². The van der Waals surface area contributed by atoms with Crippen molar-refractivity contribution in [1.82, 2.24) is 10.3 Å². The van der Waals surface area contributed by atoms with E-state index in [4.69, 9.17) is 0 Å². The van der Waals surface area contributed by atoms with Crippen molar-refractivity contribution in [3.8, 4) is 0 Å². The maximum Gasteiger partial charge on any atom is 0.270 e. The number of pyridine rings is 1. The first kappa shape index (κ1) is 13.2. The monoisotopic (exact) mass is 326 g/mol. The van der Waals surface area contributed by atoms with Gasteiger partial charge in [0.25, 0.3) is 5.91 Å². The van der Waals surface area contributed by atoms with Crippen LogP contribution < -0.4 is 5.32 Å². The normalized spacial score (nSPS) is 12.1. The minimum Gasteiger partial charge on any atom is -0.387 e. The fraction of sp³-hybridized carbons (Fsp3) is 0.167. The molecule has 0 bridgehead atoms. The van der Waals surface area contributed by atoms with Gasteiger partial charge in [-0.3, -0.25) is 4.79 Å². The Morgan fingerprint density at radius 2 is 2.33 bits per heavy atom. The molecule has 0 radical (unpaired) electrons. The van der Waals surface area contributed by atoms with Crippen LogP contribution in [0.2, 0.25) is 0 Å². The van der Waals surface area contributed by atoms with Gasteiger partial charge in [0.15, 0.2) is 0 Å². The van der Waals surface area contributed by atoms with Crippen LogP contribution in [0.3, 0.4) is 0 Å². The SMILES string of the molecule is O=C(NCC(O)c1ccsc1)c1cccc(Br)n1. The highest BCUT2D eigenvalue weighted by atomic mass is 79.9. The van der Waals surface area contributed by atoms with E-state index in [2.05, 4.69) is 26.2 Å². The third-order valence-corrected chi connectivity index (χ3v) is 3.47. The van der Waals surface area contributed by atoms with E-state index in [9.17, 15) is 9.90 Å². The Balaban J connectivity index is 1.92. The Hall–Kier alpha value is -1.24. The molecule has 0 aliphatic rings. The van der Waals surface area contributed by atoms with Gasteiger partial charge in [-0.05, 0) is 50.5 Å². The summed E-state index contributed by atoms with van der Waals surface area (Å²) in [4.78, 5) is 15.8. The van der Waals surface area contributed by atoms with Gasteiger partial charge in [-0.2, -0.15) is 11.3 Å². The molecule has 1 unspecified atom stereocenters. The van der Waals surface area contributed by atoms with Crippen LogP contribution in [0.25, 0.3) is 0 Å². The largest absolute Gasteiger partial charge is 0.387 e. The van der Waals surface area contributed by atoms with Crippen molar-refractivity contribution < 1.29 is 9.90 Å². The number of rotatable bonds is 4. The van der Waals surface area contributed by atoms with Gasteiger partial charge >= 0.3 is 0 Å². The van der Waals surface area contributed by atoms with E-state index in [0.29, 0.717) is 10.3 Å². The van der Waals surface area contributed by atoms with Crippen LogP contribution in [0.1, 0.15) is 22.2 Å². The molecule has 1 atom stereocenters.